The summed E-state index contributed by atoms with van der Waals surface area (Å²) in [6.07, 6.45) is 4.31. The zero-order valence-corrected chi connectivity index (χ0v) is 10.0. The molecule has 0 aromatic heterocycles. The summed E-state index contributed by atoms with van der Waals surface area (Å²) in [6, 6.07) is 0. The molecule has 0 saturated carbocycles. The lowest BCUT2D eigenvalue weighted by atomic mass is 10.0. The van der Waals surface area contributed by atoms with Crippen molar-refractivity contribution in [2.75, 3.05) is 6.61 Å². The van der Waals surface area contributed by atoms with Gasteiger partial charge in [-0.25, -0.2) is 0 Å². The second kappa shape index (κ2) is 4.79. The topological polar surface area (TPSA) is 38.8 Å². The van der Waals surface area contributed by atoms with E-state index >= 15 is 0 Å². The summed E-state index contributed by atoms with van der Waals surface area (Å²) in [5.41, 5.74) is 1.25. The molecule has 0 bridgehead atoms. The minimum Gasteiger partial charge on any atom is -0.463 e. The zero-order chi connectivity index (χ0) is 11.5. The van der Waals surface area contributed by atoms with E-state index in [9.17, 15) is 4.79 Å². The maximum Gasteiger partial charge on any atom is 0.302 e. The molecule has 3 heteroatoms. The lowest BCUT2D eigenvalue weighted by molar-refractivity contribution is -0.141. The lowest BCUT2D eigenvalue weighted by Crippen LogP contribution is -2.15. The fraction of sp³-hybridized carbons (Fsp3) is 0.750. The van der Waals surface area contributed by atoms with Crippen LogP contribution in [0.3, 0.4) is 0 Å². The van der Waals surface area contributed by atoms with Crippen molar-refractivity contribution in [1.82, 2.24) is 0 Å². The SMILES string of the molecule is CC(=O)OC[C@@H]1O[C@]1(C)CCC=C(C)C. The first-order chi connectivity index (χ1) is 6.94. The van der Waals surface area contributed by atoms with Crippen LogP contribution in [0.2, 0.25) is 0 Å². The van der Waals surface area contributed by atoms with E-state index in [0.717, 1.165) is 12.8 Å². The van der Waals surface area contributed by atoms with Crippen LogP contribution < -0.4 is 0 Å². The molecule has 0 unspecified atom stereocenters. The summed E-state index contributed by atoms with van der Waals surface area (Å²) in [5, 5.41) is 0. The number of hydrogen-bond acceptors (Lipinski definition) is 3. The van der Waals surface area contributed by atoms with Gasteiger partial charge in [-0.05, 0) is 33.6 Å². The first-order valence-electron chi connectivity index (χ1n) is 5.38. The Bertz CT molecular complexity index is 266. The predicted molar refractivity (Wildman–Crippen MR) is 58.6 cm³/mol. The van der Waals surface area contributed by atoms with E-state index in [4.69, 9.17) is 9.47 Å². The molecule has 0 N–H and O–H groups in total. The second-order valence-electron chi connectivity index (χ2n) is 4.54. The summed E-state index contributed by atoms with van der Waals surface area (Å²) >= 11 is 0. The van der Waals surface area contributed by atoms with Gasteiger partial charge in [-0.15, -0.1) is 0 Å². The predicted octanol–water partition coefficient (Wildman–Crippen LogP) is 2.45. The van der Waals surface area contributed by atoms with Crippen LogP contribution in [0.4, 0.5) is 0 Å². The first-order valence-corrected chi connectivity index (χ1v) is 5.38. The Morgan fingerprint density at radius 1 is 1.47 bits per heavy atom. The van der Waals surface area contributed by atoms with Gasteiger partial charge in [0, 0.05) is 6.92 Å². The van der Waals surface area contributed by atoms with Gasteiger partial charge < -0.3 is 9.47 Å². The van der Waals surface area contributed by atoms with Crippen LogP contribution in [-0.2, 0) is 14.3 Å². The van der Waals surface area contributed by atoms with Crippen LogP contribution in [0.1, 0.15) is 40.5 Å². The second-order valence-corrected chi connectivity index (χ2v) is 4.54. The van der Waals surface area contributed by atoms with Gasteiger partial charge in [-0.2, -0.15) is 0 Å². The van der Waals surface area contributed by atoms with Crippen molar-refractivity contribution in [3.05, 3.63) is 11.6 Å². The van der Waals surface area contributed by atoms with E-state index < -0.39 is 0 Å². The number of epoxide rings is 1. The van der Waals surface area contributed by atoms with Crippen LogP contribution in [0.15, 0.2) is 11.6 Å². The van der Waals surface area contributed by atoms with Gasteiger partial charge >= 0.3 is 5.97 Å². The third-order valence-corrected chi connectivity index (χ3v) is 2.67. The van der Waals surface area contributed by atoms with Crippen molar-refractivity contribution >= 4 is 5.97 Å². The molecule has 0 aliphatic carbocycles. The normalized spacial score (nSPS) is 28.4. The Labute approximate surface area is 91.4 Å². The molecule has 1 fully saturated rings. The van der Waals surface area contributed by atoms with Gasteiger partial charge in [-0.3, -0.25) is 4.79 Å². The van der Waals surface area contributed by atoms with Crippen molar-refractivity contribution < 1.29 is 14.3 Å². The van der Waals surface area contributed by atoms with Gasteiger partial charge in [0.2, 0.25) is 0 Å². The third kappa shape index (κ3) is 4.04. The monoisotopic (exact) mass is 212 g/mol. The number of esters is 1. The zero-order valence-electron chi connectivity index (χ0n) is 10.0. The van der Waals surface area contributed by atoms with Crippen molar-refractivity contribution in [1.29, 1.82) is 0 Å². The molecule has 2 atom stereocenters. The van der Waals surface area contributed by atoms with Gasteiger partial charge in [0.05, 0.1) is 5.60 Å². The van der Waals surface area contributed by atoms with Crippen LogP contribution >= 0.6 is 0 Å². The average molecular weight is 212 g/mol. The fourth-order valence-electron chi connectivity index (χ4n) is 1.56. The Hall–Kier alpha value is -0.830. The highest BCUT2D eigenvalue weighted by Gasteiger charge is 2.51. The van der Waals surface area contributed by atoms with E-state index in [0.29, 0.717) is 6.61 Å². The highest BCUT2D eigenvalue weighted by molar-refractivity contribution is 5.65. The number of hydrogen-bond donors (Lipinski definition) is 0. The van der Waals surface area contributed by atoms with E-state index in [1.807, 2.05) is 0 Å². The van der Waals surface area contributed by atoms with Crippen molar-refractivity contribution in [3.63, 3.8) is 0 Å². The number of allylic oxidation sites excluding steroid dienone is 2. The van der Waals surface area contributed by atoms with Crippen molar-refractivity contribution in [2.45, 2.75) is 52.2 Å². The molecule has 0 spiro atoms. The molecule has 15 heavy (non-hydrogen) atoms. The smallest absolute Gasteiger partial charge is 0.302 e. The van der Waals surface area contributed by atoms with Crippen molar-refractivity contribution in [3.8, 4) is 0 Å². The lowest BCUT2D eigenvalue weighted by Gasteiger charge is -2.04. The Kier molecular flexibility index (Phi) is 3.91. The van der Waals surface area contributed by atoms with Crippen molar-refractivity contribution in [2.24, 2.45) is 0 Å². The fourth-order valence-corrected chi connectivity index (χ4v) is 1.56. The molecule has 0 aromatic carbocycles. The quantitative estimate of drug-likeness (QED) is 0.399. The highest BCUT2D eigenvalue weighted by atomic mass is 16.6. The van der Waals surface area contributed by atoms with Gasteiger partial charge in [0.25, 0.3) is 0 Å². The maximum atomic E-state index is 10.6. The highest BCUT2D eigenvalue weighted by Crippen LogP contribution is 2.40. The Balaban J connectivity index is 2.21. The molecule has 1 heterocycles. The minimum atomic E-state index is -0.239. The number of carbonyl (C=O) groups excluding carboxylic acids is 1. The van der Waals surface area contributed by atoms with E-state index in [2.05, 4.69) is 26.8 Å². The number of ether oxygens (including phenoxy) is 2. The summed E-state index contributed by atoms with van der Waals surface area (Å²) in [5.74, 6) is -0.239. The molecule has 1 aliphatic rings. The van der Waals surface area contributed by atoms with Crippen LogP contribution in [0.5, 0.6) is 0 Å². The molecule has 3 nitrogen and oxygen atoms in total. The number of rotatable bonds is 5. The molecule has 1 saturated heterocycles. The molecule has 1 rings (SSSR count). The number of carbonyl (C=O) groups is 1. The van der Waals surface area contributed by atoms with E-state index in [-0.39, 0.29) is 17.7 Å². The third-order valence-electron chi connectivity index (χ3n) is 2.67. The standard InChI is InChI=1S/C12H20O3/c1-9(2)6-5-7-12(4)11(15-12)8-14-10(3)13/h6,11H,5,7-8H2,1-4H3/t11-,12+/m0/s1. The van der Waals surface area contributed by atoms with E-state index in [1.54, 1.807) is 0 Å². The molecular formula is C12H20O3. The summed E-state index contributed by atoms with van der Waals surface area (Å²) in [7, 11) is 0. The Morgan fingerprint density at radius 3 is 2.67 bits per heavy atom. The summed E-state index contributed by atoms with van der Waals surface area (Å²) in [4.78, 5) is 10.6. The maximum absolute atomic E-state index is 10.6. The molecule has 0 amide bonds. The molecule has 0 aromatic rings. The first kappa shape index (κ1) is 12.2. The molecule has 0 radical (unpaired) electrons. The molecule has 86 valence electrons. The summed E-state index contributed by atoms with van der Waals surface area (Å²) in [6.45, 7) is 8.06. The van der Waals surface area contributed by atoms with Gasteiger partial charge in [-0.1, -0.05) is 11.6 Å². The largest absolute Gasteiger partial charge is 0.463 e. The molecule has 1 aliphatic heterocycles. The van der Waals surface area contributed by atoms with Gasteiger partial charge in [0.1, 0.15) is 12.7 Å². The molecular weight excluding hydrogens is 192 g/mol. The van der Waals surface area contributed by atoms with Crippen LogP contribution in [0, 0.1) is 0 Å². The van der Waals surface area contributed by atoms with Crippen LogP contribution in [0.25, 0.3) is 0 Å². The Morgan fingerprint density at radius 2 is 2.13 bits per heavy atom. The summed E-state index contributed by atoms with van der Waals surface area (Å²) < 4.78 is 10.4. The van der Waals surface area contributed by atoms with Crippen LogP contribution in [-0.4, -0.2) is 24.3 Å². The average Bonchev–Trinajstić information content (AvgIpc) is 2.73. The van der Waals surface area contributed by atoms with E-state index in [1.165, 1.54) is 12.5 Å². The minimum absolute atomic E-state index is 0.0819. The van der Waals surface area contributed by atoms with Gasteiger partial charge in [0.15, 0.2) is 0 Å².